The maximum atomic E-state index is 12.2. The zero-order valence-corrected chi connectivity index (χ0v) is 22.6. The predicted octanol–water partition coefficient (Wildman–Crippen LogP) is 6.38. The molecule has 5 aliphatic rings. The van der Waals surface area contributed by atoms with Crippen molar-refractivity contribution in [1.82, 2.24) is 0 Å². The van der Waals surface area contributed by atoms with E-state index < -0.39 is 11.4 Å². The number of hydrogen-bond acceptors (Lipinski definition) is 4. The highest BCUT2D eigenvalue weighted by Crippen LogP contribution is 2.65. The molecule has 2 N–H and O–H groups in total. The van der Waals surface area contributed by atoms with E-state index >= 15 is 0 Å². The lowest BCUT2D eigenvalue weighted by Crippen LogP contribution is -2.57. The van der Waals surface area contributed by atoms with Gasteiger partial charge in [-0.1, -0.05) is 62.8 Å². The second-order valence-corrected chi connectivity index (χ2v) is 13.8. The summed E-state index contributed by atoms with van der Waals surface area (Å²) in [6, 6.07) is 8.90. The Morgan fingerprint density at radius 3 is 2.36 bits per heavy atom. The van der Waals surface area contributed by atoms with Crippen LogP contribution in [0.5, 0.6) is 0 Å². The van der Waals surface area contributed by atoms with Crippen LogP contribution in [0.2, 0.25) is 0 Å². The van der Waals surface area contributed by atoms with Gasteiger partial charge in [0.25, 0.3) is 0 Å². The predicted molar refractivity (Wildman–Crippen MR) is 142 cm³/mol. The Morgan fingerprint density at radius 2 is 1.69 bits per heavy atom. The summed E-state index contributed by atoms with van der Waals surface area (Å²) >= 11 is 0. The lowest BCUT2D eigenvalue weighted by molar-refractivity contribution is -0.322. The quantitative estimate of drug-likeness (QED) is 0.471. The van der Waals surface area contributed by atoms with Crippen LogP contribution in [-0.4, -0.2) is 40.9 Å². The fraction of sp³-hybridized carbons (Fsp3) is 0.688. The molecule has 36 heavy (non-hydrogen) atoms. The van der Waals surface area contributed by atoms with E-state index in [1.807, 2.05) is 6.92 Å². The molecule has 6 atom stereocenters. The Kier molecular flexibility index (Phi) is 5.71. The van der Waals surface area contributed by atoms with Crippen molar-refractivity contribution < 1.29 is 19.7 Å². The molecule has 0 radical (unpaired) electrons. The lowest BCUT2D eigenvalue weighted by atomic mass is 9.51. The zero-order valence-electron chi connectivity index (χ0n) is 22.6. The van der Waals surface area contributed by atoms with Gasteiger partial charge in [0.2, 0.25) is 0 Å². The number of hydrogen-bond donors (Lipinski definition) is 2. The number of rotatable bonds is 2. The third-order valence-electron chi connectivity index (χ3n) is 10.6. The van der Waals surface area contributed by atoms with Gasteiger partial charge in [-0.15, -0.1) is 0 Å². The molecule has 1 aliphatic heterocycles. The highest BCUT2D eigenvalue weighted by atomic mass is 16.7. The summed E-state index contributed by atoms with van der Waals surface area (Å²) in [6.45, 7) is 14.2. The van der Waals surface area contributed by atoms with Crippen molar-refractivity contribution in [2.75, 3.05) is 13.2 Å². The fourth-order valence-corrected chi connectivity index (χ4v) is 8.52. The van der Waals surface area contributed by atoms with Crippen molar-refractivity contribution in [3.63, 3.8) is 0 Å². The third kappa shape index (κ3) is 3.78. The average molecular weight is 493 g/mol. The van der Waals surface area contributed by atoms with Crippen LogP contribution in [0.15, 0.2) is 42.0 Å². The maximum Gasteiger partial charge on any atom is 0.171 e. The molecule has 4 fully saturated rings. The molecule has 0 bridgehead atoms. The summed E-state index contributed by atoms with van der Waals surface area (Å²) in [5.74, 6) is 0.491. The average Bonchev–Trinajstić information content (AvgIpc) is 3.14. The van der Waals surface area contributed by atoms with Gasteiger partial charge in [0.1, 0.15) is 0 Å². The van der Waals surface area contributed by atoms with Gasteiger partial charge in [0, 0.05) is 24.2 Å². The molecule has 1 aromatic carbocycles. The Balaban J connectivity index is 1.41. The van der Waals surface area contributed by atoms with E-state index in [-0.39, 0.29) is 22.9 Å². The Hall–Kier alpha value is -1.46. The molecule has 0 unspecified atom stereocenters. The van der Waals surface area contributed by atoms with Crippen molar-refractivity contribution in [2.45, 2.75) is 102 Å². The van der Waals surface area contributed by atoms with E-state index in [0.29, 0.717) is 31.5 Å². The molecule has 0 aromatic heterocycles. The smallest absolute Gasteiger partial charge is 0.171 e. The normalized spacial score (nSPS) is 40.9. The van der Waals surface area contributed by atoms with Crippen molar-refractivity contribution >= 4 is 5.57 Å². The third-order valence-corrected chi connectivity index (χ3v) is 10.6. The highest BCUT2D eigenvalue weighted by molar-refractivity contribution is 5.61. The first-order chi connectivity index (χ1) is 17.0. The molecule has 1 aromatic rings. The Morgan fingerprint density at radius 1 is 1.00 bits per heavy atom. The second kappa shape index (κ2) is 8.27. The highest BCUT2D eigenvalue weighted by Gasteiger charge is 2.60. The number of aliphatic hydroxyl groups excluding tert-OH is 1. The van der Waals surface area contributed by atoms with E-state index in [4.69, 9.17) is 9.47 Å². The Labute approximate surface area is 216 Å². The van der Waals surface area contributed by atoms with Crippen LogP contribution < -0.4 is 0 Å². The number of benzene rings is 1. The Bertz CT molecular complexity index is 1070. The first kappa shape index (κ1) is 24.9. The molecular formula is C32H44O4. The minimum absolute atomic E-state index is 0.0163. The van der Waals surface area contributed by atoms with Crippen molar-refractivity contribution in [1.29, 1.82) is 0 Å². The minimum atomic E-state index is -0.869. The van der Waals surface area contributed by atoms with E-state index in [0.717, 1.165) is 50.5 Å². The summed E-state index contributed by atoms with van der Waals surface area (Å²) in [4.78, 5) is 0. The van der Waals surface area contributed by atoms with Gasteiger partial charge >= 0.3 is 0 Å². The SMILES string of the molecule is C=C(C)c1ccc([C@H]2C[C@]3(C)[C@@H](O)CC[C@H]3[C@@H]3CC[C@@]4(O)CC5(CCC4=C32)OCC(C)(C)CO5)cc1. The summed E-state index contributed by atoms with van der Waals surface area (Å²) in [7, 11) is 0. The van der Waals surface area contributed by atoms with Crippen molar-refractivity contribution in [3.05, 3.63) is 53.1 Å². The molecule has 0 amide bonds. The molecule has 196 valence electrons. The van der Waals surface area contributed by atoms with Crippen LogP contribution in [0, 0.1) is 22.7 Å². The van der Waals surface area contributed by atoms with Gasteiger partial charge in [-0.3, -0.25) is 0 Å². The van der Waals surface area contributed by atoms with Gasteiger partial charge in [-0.25, -0.2) is 0 Å². The van der Waals surface area contributed by atoms with E-state index in [2.05, 4.69) is 51.6 Å². The molecule has 1 spiro atoms. The van der Waals surface area contributed by atoms with Crippen LogP contribution in [0.25, 0.3) is 5.57 Å². The number of allylic oxidation sites excluding steroid dienone is 2. The van der Waals surface area contributed by atoms with Gasteiger partial charge in [0.15, 0.2) is 5.79 Å². The van der Waals surface area contributed by atoms with Crippen LogP contribution in [-0.2, 0) is 9.47 Å². The molecule has 1 saturated heterocycles. The lowest BCUT2D eigenvalue weighted by Gasteiger charge is -2.57. The van der Waals surface area contributed by atoms with Crippen LogP contribution in [0.4, 0.5) is 0 Å². The summed E-state index contributed by atoms with van der Waals surface area (Å²) in [6.07, 6.45) is 6.60. The number of aliphatic hydroxyl groups is 2. The van der Waals surface area contributed by atoms with E-state index in [1.165, 1.54) is 22.3 Å². The largest absolute Gasteiger partial charge is 0.393 e. The van der Waals surface area contributed by atoms with E-state index in [9.17, 15) is 10.2 Å². The first-order valence-electron chi connectivity index (χ1n) is 14.1. The zero-order chi connectivity index (χ0) is 25.5. The van der Waals surface area contributed by atoms with Crippen LogP contribution >= 0.6 is 0 Å². The monoisotopic (exact) mass is 492 g/mol. The summed E-state index contributed by atoms with van der Waals surface area (Å²) in [5.41, 5.74) is 5.37. The molecule has 3 saturated carbocycles. The maximum absolute atomic E-state index is 12.2. The first-order valence-corrected chi connectivity index (χ1v) is 14.1. The molecule has 4 aliphatic carbocycles. The van der Waals surface area contributed by atoms with Gasteiger partial charge in [-0.2, -0.15) is 0 Å². The molecular weight excluding hydrogens is 448 g/mol. The van der Waals surface area contributed by atoms with E-state index in [1.54, 1.807) is 0 Å². The molecule has 6 rings (SSSR count). The van der Waals surface area contributed by atoms with Crippen LogP contribution in [0.1, 0.15) is 96.1 Å². The van der Waals surface area contributed by atoms with Crippen LogP contribution in [0.3, 0.4) is 0 Å². The topological polar surface area (TPSA) is 58.9 Å². The molecule has 4 nitrogen and oxygen atoms in total. The summed E-state index contributed by atoms with van der Waals surface area (Å²) < 4.78 is 12.7. The summed E-state index contributed by atoms with van der Waals surface area (Å²) in [5, 5.41) is 23.4. The number of fused-ring (bicyclic) bond motifs is 4. The van der Waals surface area contributed by atoms with Gasteiger partial charge in [-0.05, 0) is 79.4 Å². The standard InChI is InChI=1S/C32H44O4/c1-20(2)21-6-8-22(9-7-21)24-16-30(5)25(10-11-27(30)33)23-12-14-31(34)17-32(15-13-26(31)28(23)24)35-18-29(3,4)19-36-32/h6-9,23-25,27,33-34H,1,10-19H2,2-5H3/t23-,24+,25-,27-,30-,31+/m0/s1. The van der Waals surface area contributed by atoms with Crippen molar-refractivity contribution in [3.8, 4) is 0 Å². The van der Waals surface area contributed by atoms with Gasteiger partial charge in [0.05, 0.1) is 24.9 Å². The number of ether oxygens (including phenoxy) is 2. The fourth-order valence-electron chi connectivity index (χ4n) is 8.52. The molecule has 4 heteroatoms. The minimum Gasteiger partial charge on any atom is -0.393 e. The van der Waals surface area contributed by atoms with Crippen molar-refractivity contribution in [2.24, 2.45) is 22.7 Å². The molecule has 1 heterocycles. The van der Waals surface area contributed by atoms with Gasteiger partial charge < -0.3 is 19.7 Å². The second-order valence-electron chi connectivity index (χ2n) is 13.8.